The van der Waals surface area contributed by atoms with Gasteiger partial charge in [0.15, 0.2) is 5.82 Å². The van der Waals surface area contributed by atoms with Crippen molar-refractivity contribution in [1.29, 1.82) is 0 Å². The fourth-order valence-electron chi connectivity index (χ4n) is 3.18. The van der Waals surface area contributed by atoms with Crippen molar-refractivity contribution < 1.29 is 14.6 Å². The van der Waals surface area contributed by atoms with Crippen LogP contribution in [0.2, 0.25) is 0 Å². The van der Waals surface area contributed by atoms with Crippen LogP contribution in [0.1, 0.15) is 34.7 Å². The highest BCUT2D eigenvalue weighted by Crippen LogP contribution is 2.34. The number of anilines is 1. The van der Waals surface area contributed by atoms with Crippen LogP contribution in [-0.2, 0) is 6.61 Å². The average molecular weight is 455 g/mol. The van der Waals surface area contributed by atoms with Gasteiger partial charge in [-0.3, -0.25) is 9.89 Å². The molecular formula is C22H26N6O3S. The summed E-state index contributed by atoms with van der Waals surface area (Å²) in [5, 5.41) is 21.3. The molecular weight excluding hydrogens is 428 g/mol. The van der Waals surface area contributed by atoms with E-state index in [9.17, 15) is 4.79 Å². The zero-order valence-corrected chi connectivity index (χ0v) is 17.9. The van der Waals surface area contributed by atoms with E-state index in [1.807, 2.05) is 37.4 Å². The number of hydrogen-bond acceptors (Lipinski definition) is 8. The molecule has 0 spiro atoms. The smallest absolute Gasteiger partial charge is 0.254 e. The Kier molecular flexibility index (Phi) is 7.06. The monoisotopic (exact) mass is 454 g/mol. The number of hydrogen-bond donors (Lipinski definition) is 4. The Morgan fingerprint density at radius 2 is 2.16 bits per heavy atom. The maximum atomic E-state index is 12.4. The summed E-state index contributed by atoms with van der Waals surface area (Å²) >= 11 is 1.41. The Balaban J connectivity index is 0.00000289. The van der Waals surface area contributed by atoms with E-state index in [0.717, 1.165) is 27.2 Å². The lowest BCUT2D eigenvalue weighted by Gasteiger charge is -2.11. The number of nitrogens with two attached hydrogens (primary N) is 1. The van der Waals surface area contributed by atoms with Crippen LogP contribution in [0.5, 0.6) is 5.75 Å². The standard InChI is InChI=1S/C21H22N6O3S.CH4/c1-11-3-4-13(20-25-12(2)26-27-20)7-16(11)30-9-14-10-31-18-15(21(29)23-5-6-28)8-24-19(22)17(14)18;/h3-4,7-8,10,28H,5-6,9H2,1-2H3,(H2,22,24)(H,23,29)(H,25,26,27);1H4. The van der Waals surface area contributed by atoms with Gasteiger partial charge < -0.3 is 20.9 Å². The summed E-state index contributed by atoms with van der Waals surface area (Å²) in [7, 11) is 0. The summed E-state index contributed by atoms with van der Waals surface area (Å²) < 4.78 is 6.84. The Bertz CT molecular complexity index is 1250. The van der Waals surface area contributed by atoms with Gasteiger partial charge >= 0.3 is 0 Å². The number of nitrogens with one attached hydrogen (secondary N) is 2. The first kappa shape index (κ1) is 23.2. The first-order valence-electron chi connectivity index (χ1n) is 9.64. The Morgan fingerprint density at radius 3 is 2.88 bits per heavy atom. The molecule has 32 heavy (non-hydrogen) atoms. The largest absolute Gasteiger partial charge is 0.489 e. The van der Waals surface area contributed by atoms with E-state index in [1.54, 1.807) is 0 Å². The topological polar surface area (TPSA) is 139 Å². The van der Waals surface area contributed by atoms with E-state index >= 15 is 0 Å². The molecule has 168 valence electrons. The number of rotatable bonds is 7. The number of nitrogens with zero attached hydrogens (tertiary/aromatic N) is 3. The molecule has 0 fully saturated rings. The summed E-state index contributed by atoms with van der Waals surface area (Å²) in [5.74, 6) is 2.10. The number of aromatic amines is 1. The molecule has 10 heteroatoms. The number of thiophene rings is 1. The molecule has 0 saturated heterocycles. The van der Waals surface area contributed by atoms with Crippen LogP contribution < -0.4 is 15.8 Å². The molecule has 0 aliphatic heterocycles. The zero-order valence-electron chi connectivity index (χ0n) is 17.1. The van der Waals surface area contributed by atoms with E-state index in [1.165, 1.54) is 17.5 Å². The van der Waals surface area contributed by atoms with Crippen molar-refractivity contribution in [3.63, 3.8) is 0 Å². The molecule has 9 nitrogen and oxygen atoms in total. The van der Waals surface area contributed by atoms with Crippen molar-refractivity contribution in [1.82, 2.24) is 25.5 Å². The first-order valence-corrected chi connectivity index (χ1v) is 10.5. The molecule has 4 rings (SSSR count). The van der Waals surface area contributed by atoms with Crippen LogP contribution in [0.25, 0.3) is 21.5 Å². The number of aliphatic hydroxyl groups excluding tert-OH is 1. The van der Waals surface area contributed by atoms with E-state index in [2.05, 4.69) is 25.5 Å². The number of pyridine rings is 1. The molecule has 1 aromatic carbocycles. The molecule has 4 aromatic rings. The Labute approximate surface area is 189 Å². The third-order valence-electron chi connectivity index (χ3n) is 4.77. The molecule has 0 saturated carbocycles. The van der Waals surface area contributed by atoms with E-state index < -0.39 is 0 Å². The second-order valence-corrected chi connectivity index (χ2v) is 7.89. The number of fused-ring (bicyclic) bond motifs is 1. The molecule has 0 aliphatic rings. The van der Waals surface area contributed by atoms with Gasteiger partial charge in [0.05, 0.1) is 16.9 Å². The van der Waals surface area contributed by atoms with Crippen molar-refractivity contribution in [2.75, 3.05) is 18.9 Å². The molecule has 5 N–H and O–H groups in total. The quantitative estimate of drug-likeness (QED) is 0.336. The Hall–Kier alpha value is -3.50. The highest BCUT2D eigenvalue weighted by molar-refractivity contribution is 7.17. The van der Waals surface area contributed by atoms with E-state index in [4.69, 9.17) is 15.6 Å². The van der Waals surface area contributed by atoms with Crippen LogP contribution >= 0.6 is 11.3 Å². The lowest BCUT2D eigenvalue weighted by atomic mass is 10.1. The summed E-state index contributed by atoms with van der Waals surface area (Å²) in [5.41, 5.74) is 9.22. The lowest BCUT2D eigenvalue weighted by molar-refractivity contribution is 0.0946. The Morgan fingerprint density at radius 1 is 1.34 bits per heavy atom. The minimum atomic E-state index is -0.300. The number of nitrogen functional groups attached to an aromatic ring is 1. The average Bonchev–Trinajstić information content (AvgIpc) is 3.39. The van der Waals surface area contributed by atoms with Crippen LogP contribution in [0.4, 0.5) is 5.82 Å². The molecule has 0 bridgehead atoms. The van der Waals surface area contributed by atoms with Gasteiger partial charge in [0.1, 0.15) is 24.0 Å². The van der Waals surface area contributed by atoms with Crippen molar-refractivity contribution in [2.45, 2.75) is 27.9 Å². The SMILES string of the molecule is C.Cc1nc(-c2ccc(C)c(OCc3csc4c(C(=O)NCCO)cnc(N)c34)c2)n[nH]1. The molecule has 0 unspecified atom stereocenters. The summed E-state index contributed by atoms with van der Waals surface area (Å²) in [6, 6.07) is 5.81. The van der Waals surface area contributed by atoms with Crippen molar-refractivity contribution in [2.24, 2.45) is 0 Å². The number of ether oxygens (including phenoxy) is 1. The van der Waals surface area contributed by atoms with Crippen LogP contribution in [-0.4, -0.2) is 44.3 Å². The molecule has 3 aromatic heterocycles. The summed E-state index contributed by atoms with van der Waals surface area (Å²) in [6.07, 6.45) is 1.46. The number of carbonyl (C=O) groups is 1. The fraction of sp³-hybridized carbons (Fsp3) is 0.273. The molecule has 0 aliphatic carbocycles. The summed E-state index contributed by atoms with van der Waals surface area (Å²) in [4.78, 5) is 20.9. The van der Waals surface area contributed by atoms with Crippen molar-refractivity contribution in [3.8, 4) is 17.1 Å². The van der Waals surface area contributed by atoms with E-state index in [-0.39, 0.29) is 33.1 Å². The molecule has 0 radical (unpaired) electrons. The predicted molar refractivity (Wildman–Crippen MR) is 126 cm³/mol. The number of aryl methyl sites for hydroxylation is 2. The number of aromatic nitrogens is 4. The highest BCUT2D eigenvalue weighted by atomic mass is 32.1. The predicted octanol–water partition coefficient (Wildman–Crippen LogP) is 3.22. The van der Waals surface area contributed by atoms with Gasteiger partial charge in [0.25, 0.3) is 5.91 Å². The van der Waals surface area contributed by atoms with E-state index in [0.29, 0.717) is 28.3 Å². The van der Waals surface area contributed by atoms with Gasteiger partial charge in [-0.2, -0.15) is 5.10 Å². The molecule has 0 atom stereocenters. The first-order chi connectivity index (χ1) is 15.0. The van der Waals surface area contributed by atoms with Gasteiger partial charge in [-0.25, -0.2) is 9.97 Å². The molecule has 1 amide bonds. The third kappa shape index (κ3) is 4.56. The van der Waals surface area contributed by atoms with Crippen LogP contribution in [0.15, 0.2) is 29.8 Å². The number of H-pyrrole nitrogens is 1. The number of benzene rings is 1. The summed E-state index contributed by atoms with van der Waals surface area (Å²) in [6.45, 7) is 4.12. The van der Waals surface area contributed by atoms with Gasteiger partial charge in [-0.05, 0) is 30.9 Å². The number of carbonyl (C=O) groups excluding carboxylic acids is 1. The van der Waals surface area contributed by atoms with Crippen LogP contribution in [0, 0.1) is 13.8 Å². The second-order valence-electron chi connectivity index (χ2n) is 7.02. The molecule has 3 heterocycles. The highest BCUT2D eigenvalue weighted by Gasteiger charge is 2.18. The van der Waals surface area contributed by atoms with Gasteiger partial charge in [0, 0.05) is 29.3 Å². The number of amides is 1. The van der Waals surface area contributed by atoms with Crippen LogP contribution in [0.3, 0.4) is 0 Å². The minimum absolute atomic E-state index is 0. The third-order valence-corrected chi connectivity index (χ3v) is 5.83. The normalized spacial score (nSPS) is 10.7. The lowest BCUT2D eigenvalue weighted by Crippen LogP contribution is -2.26. The number of aliphatic hydroxyl groups is 1. The van der Waals surface area contributed by atoms with Gasteiger partial charge in [0.2, 0.25) is 0 Å². The minimum Gasteiger partial charge on any atom is -0.489 e. The van der Waals surface area contributed by atoms with Gasteiger partial charge in [-0.1, -0.05) is 19.6 Å². The maximum Gasteiger partial charge on any atom is 0.254 e. The fourth-order valence-corrected chi connectivity index (χ4v) is 4.26. The maximum absolute atomic E-state index is 12.4. The van der Waals surface area contributed by atoms with Crippen molar-refractivity contribution >= 4 is 33.1 Å². The van der Waals surface area contributed by atoms with Crippen molar-refractivity contribution in [3.05, 3.63) is 52.3 Å². The zero-order chi connectivity index (χ0) is 22.0. The van der Waals surface area contributed by atoms with Gasteiger partial charge in [-0.15, -0.1) is 11.3 Å². The second kappa shape index (κ2) is 9.75.